The maximum absolute atomic E-state index is 11.0. The van der Waals surface area contributed by atoms with Gasteiger partial charge in [-0.1, -0.05) is 36.4 Å². The quantitative estimate of drug-likeness (QED) is 0.0268. The Bertz CT molecular complexity index is 1090. The van der Waals surface area contributed by atoms with Gasteiger partial charge in [0.25, 0.3) is 5.69 Å². The third-order valence-electron chi connectivity index (χ3n) is 7.63. The molecule has 10 N–H and O–H groups in total. The molecule has 1 aromatic rings. The predicted molar refractivity (Wildman–Crippen MR) is 179 cm³/mol. The number of hydrogen-bond acceptors (Lipinski definition) is 13. The monoisotopic (exact) mass is 684 g/mol. The number of aliphatic hydroxyl groups excluding tert-OH is 9. The summed E-state index contributed by atoms with van der Waals surface area (Å²) in [6.45, 7) is 2.50. The number of aliphatic hydroxyl groups is 9. The lowest BCUT2D eigenvalue weighted by atomic mass is 9.99. The molecule has 0 saturated heterocycles. The number of rotatable bonds is 27. The molecule has 0 fully saturated rings. The van der Waals surface area contributed by atoms with Crippen LogP contribution in [0, 0.1) is 10.1 Å². The van der Waals surface area contributed by atoms with Gasteiger partial charge in [-0.05, 0) is 70.4 Å². The first-order valence-electron chi connectivity index (χ1n) is 16.5. The van der Waals surface area contributed by atoms with Crippen molar-refractivity contribution in [3.8, 4) is 0 Å². The Hall–Kier alpha value is -2.63. The van der Waals surface area contributed by atoms with Crippen LogP contribution < -0.4 is 5.32 Å². The Morgan fingerprint density at radius 2 is 1.17 bits per heavy atom. The standard InChI is InChI=1S/C34H56N2O12/c1-23(37)15-31(43)20-32(44)17-27(39)7-3-8-29(41)19-34(46)21-33(45)18-28(40)6-2-5-26(38)16-30(42)9-4-14-35-22-24-10-12-25(13-11-24)36(47)48/h2-3,6-7,10-13,26-35,38-46H,4-5,8-9,14-22H2,1H3. The fourth-order valence-corrected chi connectivity index (χ4v) is 5.20. The summed E-state index contributed by atoms with van der Waals surface area (Å²) in [6, 6.07) is 6.26. The van der Waals surface area contributed by atoms with Crippen molar-refractivity contribution in [2.45, 2.75) is 139 Å². The number of nitrogens with one attached hydrogen (secondary N) is 1. The van der Waals surface area contributed by atoms with Crippen LogP contribution >= 0.6 is 0 Å². The van der Waals surface area contributed by atoms with E-state index in [0.29, 0.717) is 25.9 Å². The number of hydrogen-bond donors (Lipinski definition) is 10. The molecule has 0 aliphatic carbocycles. The minimum Gasteiger partial charge on any atom is -0.393 e. The van der Waals surface area contributed by atoms with Crippen LogP contribution in [0.15, 0.2) is 48.6 Å². The molecule has 0 heterocycles. The van der Waals surface area contributed by atoms with Gasteiger partial charge in [-0.3, -0.25) is 14.9 Å². The number of Topliss-reactive ketones (excluding diaryl/α,β-unsaturated/α-hetero) is 1. The maximum atomic E-state index is 11.0. The molecule has 0 bridgehead atoms. The number of nitro groups is 1. The van der Waals surface area contributed by atoms with Crippen molar-refractivity contribution >= 4 is 11.5 Å². The van der Waals surface area contributed by atoms with Crippen LogP contribution in [0.1, 0.15) is 83.1 Å². The highest BCUT2D eigenvalue weighted by Gasteiger charge is 2.19. The smallest absolute Gasteiger partial charge is 0.269 e. The zero-order chi connectivity index (χ0) is 36.1. The van der Waals surface area contributed by atoms with Gasteiger partial charge < -0.3 is 51.3 Å². The van der Waals surface area contributed by atoms with E-state index in [2.05, 4.69) is 5.32 Å². The highest BCUT2D eigenvalue weighted by molar-refractivity contribution is 5.75. The summed E-state index contributed by atoms with van der Waals surface area (Å²) in [6.07, 6.45) is -1.53. The van der Waals surface area contributed by atoms with Gasteiger partial charge in [0.05, 0.1) is 59.9 Å². The van der Waals surface area contributed by atoms with Gasteiger partial charge in [-0.2, -0.15) is 0 Å². The number of carbonyl (C=O) groups excluding carboxylic acids is 1. The summed E-state index contributed by atoms with van der Waals surface area (Å²) in [5, 5.41) is 105. The average Bonchev–Trinajstić information content (AvgIpc) is 2.96. The van der Waals surface area contributed by atoms with Crippen molar-refractivity contribution in [2.75, 3.05) is 6.54 Å². The Balaban J connectivity index is 2.20. The van der Waals surface area contributed by atoms with E-state index in [1.807, 2.05) is 0 Å². The van der Waals surface area contributed by atoms with Crippen molar-refractivity contribution in [2.24, 2.45) is 0 Å². The van der Waals surface area contributed by atoms with Crippen molar-refractivity contribution in [1.82, 2.24) is 5.32 Å². The topological polar surface area (TPSA) is 254 Å². The fraction of sp³-hybridized carbons (Fsp3) is 0.676. The third kappa shape index (κ3) is 22.1. The van der Waals surface area contributed by atoms with E-state index in [4.69, 9.17) is 0 Å². The molecule has 0 aromatic heterocycles. The molecule has 14 heteroatoms. The Morgan fingerprint density at radius 3 is 1.67 bits per heavy atom. The Kier molecular flexibility index (Phi) is 22.1. The summed E-state index contributed by atoms with van der Waals surface area (Å²) in [4.78, 5) is 21.3. The predicted octanol–water partition coefficient (Wildman–Crippen LogP) is 0.925. The molecule has 1 rings (SSSR count). The van der Waals surface area contributed by atoms with Crippen LogP contribution in [0.4, 0.5) is 5.69 Å². The second-order valence-corrected chi connectivity index (χ2v) is 12.6. The number of benzene rings is 1. The van der Waals surface area contributed by atoms with Crippen molar-refractivity contribution < 1.29 is 55.7 Å². The Morgan fingerprint density at radius 1 is 0.708 bits per heavy atom. The fourth-order valence-electron chi connectivity index (χ4n) is 5.20. The number of nitro benzene ring substituents is 1. The zero-order valence-electron chi connectivity index (χ0n) is 27.7. The molecule has 0 aliphatic heterocycles. The minimum absolute atomic E-state index is 0.0329. The van der Waals surface area contributed by atoms with E-state index >= 15 is 0 Å². The number of nitrogens with zero attached hydrogens (tertiary/aromatic N) is 1. The highest BCUT2D eigenvalue weighted by atomic mass is 16.6. The summed E-state index contributed by atoms with van der Waals surface area (Å²) in [5.74, 6) is -0.203. The molecule has 0 radical (unpaired) electrons. The van der Waals surface area contributed by atoms with Crippen molar-refractivity contribution in [1.29, 1.82) is 0 Å². The van der Waals surface area contributed by atoms with E-state index in [9.17, 15) is 60.9 Å². The second-order valence-electron chi connectivity index (χ2n) is 12.6. The molecule has 0 amide bonds. The molecule has 1 aromatic carbocycles. The molecule has 9 unspecified atom stereocenters. The minimum atomic E-state index is -1.05. The van der Waals surface area contributed by atoms with Gasteiger partial charge >= 0.3 is 0 Å². The summed E-state index contributed by atoms with van der Waals surface area (Å²) < 4.78 is 0. The van der Waals surface area contributed by atoms with Crippen LogP contribution in [0.2, 0.25) is 0 Å². The highest BCUT2D eigenvalue weighted by Crippen LogP contribution is 2.15. The first-order chi connectivity index (χ1) is 22.6. The largest absolute Gasteiger partial charge is 0.393 e. The van der Waals surface area contributed by atoms with Crippen molar-refractivity contribution in [3.05, 3.63) is 64.2 Å². The molecule has 9 atom stereocenters. The van der Waals surface area contributed by atoms with Gasteiger partial charge in [0.1, 0.15) is 5.78 Å². The lowest BCUT2D eigenvalue weighted by Crippen LogP contribution is -2.25. The van der Waals surface area contributed by atoms with Gasteiger partial charge in [0.2, 0.25) is 0 Å². The SMILES string of the molecule is CC(=O)CC(O)CC(O)CC(O)C=CCC(O)CC(O)CC(O)CC(O)C=CCC(O)CC(O)CCCNCc1ccc([N+](=O)[O-])cc1. The third-order valence-corrected chi connectivity index (χ3v) is 7.63. The first-order valence-corrected chi connectivity index (χ1v) is 16.5. The van der Waals surface area contributed by atoms with Crippen molar-refractivity contribution in [3.63, 3.8) is 0 Å². The van der Waals surface area contributed by atoms with Gasteiger partial charge in [-0.15, -0.1) is 0 Å². The van der Waals surface area contributed by atoms with Crippen LogP contribution in [0.5, 0.6) is 0 Å². The van der Waals surface area contributed by atoms with E-state index in [0.717, 1.165) is 5.56 Å². The molecule has 14 nitrogen and oxygen atoms in total. The molecule has 0 saturated carbocycles. The second kappa shape index (κ2) is 24.5. The normalized spacial score (nSPS) is 17.9. The molecule has 0 aliphatic rings. The van der Waals surface area contributed by atoms with Gasteiger partial charge in [0.15, 0.2) is 0 Å². The summed E-state index contributed by atoms with van der Waals surface area (Å²) in [7, 11) is 0. The lowest BCUT2D eigenvalue weighted by Gasteiger charge is -2.19. The lowest BCUT2D eigenvalue weighted by molar-refractivity contribution is -0.384. The zero-order valence-corrected chi connectivity index (χ0v) is 27.7. The van der Waals surface area contributed by atoms with E-state index < -0.39 is 59.9 Å². The number of non-ortho nitro benzene ring substituents is 1. The van der Waals surface area contributed by atoms with Gasteiger partial charge in [-0.25, -0.2) is 0 Å². The summed E-state index contributed by atoms with van der Waals surface area (Å²) in [5.41, 5.74) is 0.939. The summed E-state index contributed by atoms with van der Waals surface area (Å²) >= 11 is 0. The van der Waals surface area contributed by atoms with Gasteiger partial charge in [0, 0.05) is 37.9 Å². The first kappa shape index (κ1) is 43.4. The van der Waals surface area contributed by atoms with Crippen LogP contribution in [0.3, 0.4) is 0 Å². The Labute approximate surface area is 282 Å². The van der Waals surface area contributed by atoms with E-state index in [-0.39, 0.29) is 69.3 Å². The van der Waals surface area contributed by atoms with Crippen LogP contribution in [-0.2, 0) is 11.3 Å². The number of ketones is 1. The number of carbonyl (C=O) groups is 1. The maximum Gasteiger partial charge on any atom is 0.269 e. The molecule has 0 spiro atoms. The molecule has 274 valence electrons. The van der Waals surface area contributed by atoms with E-state index in [1.54, 1.807) is 18.2 Å². The van der Waals surface area contributed by atoms with Crippen LogP contribution in [-0.4, -0.2) is 118 Å². The van der Waals surface area contributed by atoms with E-state index in [1.165, 1.54) is 37.3 Å². The molecular weight excluding hydrogens is 628 g/mol. The molecule has 48 heavy (non-hydrogen) atoms. The average molecular weight is 685 g/mol. The van der Waals surface area contributed by atoms with Crippen LogP contribution in [0.25, 0.3) is 0 Å². The molecular formula is C34H56N2O12.